The fourth-order valence-corrected chi connectivity index (χ4v) is 4.89. The number of nitrogens with one attached hydrogen (secondary N) is 1. The van der Waals surface area contributed by atoms with E-state index in [1.807, 2.05) is 42.5 Å². The molecule has 37 heavy (non-hydrogen) atoms. The second-order valence-electron chi connectivity index (χ2n) is 9.35. The van der Waals surface area contributed by atoms with Gasteiger partial charge >= 0.3 is 6.18 Å². The molecule has 5 rings (SSSR count). The van der Waals surface area contributed by atoms with Crippen molar-refractivity contribution in [3.8, 4) is 0 Å². The van der Waals surface area contributed by atoms with Crippen molar-refractivity contribution in [3.05, 3.63) is 94.8 Å². The summed E-state index contributed by atoms with van der Waals surface area (Å²) in [6.07, 6.45) is -3.19. The summed E-state index contributed by atoms with van der Waals surface area (Å²) in [4.78, 5) is 19.9. The molecule has 1 amide bonds. The van der Waals surface area contributed by atoms with Crippen molar-refractivity contribution in [1.29, 1.82) is 0 Å². The van der Waals surface area contributed by atoms with Crippen LogP contribution in [0.4, 0.5) is 18.9 Å². The van der Waals surface area contributed by atoms with Crippen molar-refractivity contribution in [2.24, 2.45) is 5.92 Å². The molecule has 0 radical (unpaired) electrons. The van der Waals surface area contributed by atoms with E-state index in [1.54, 1.807) is 0 Å². The Labute approximate surface area is 217 Å². The number of halogens is 4. The van der Waals surface area contributed by atoms with Crippen LogP contribution in [0.25, 0.3) is 11.0 Å². The maximum absolute atomic E-state index is 13.0. The van der Waals surface area contributed by atoms with Gasteiger partial charge in [-0.15, -0.1) is 0 Å². The van der Waals surface area contributed by atoms with Gasteiger partial charge in [0.25, 0.3) is 0 Å². The van der Waals surface area contributed by atoms with Gasteiger partial charge in [0.15, 0.2) is 0 Å². The minimum atomic E-state index is -4.45. The number of alkyl halides is 3. The zero-order valence-corrected chi connectivity index (χ0v) is 20.8. The first-order valence-electron chi connectivity index (χ1n) is 12.2. The molecule has 0 aliphatic carbocycles. The quantitative estimate of drug-likeness (QED) is 0.308. The third-order valence-electron chi connectivity index (χ3n) is 6.77. The minimum absolute atomic E-state index is 0.165. The largest absolute Gasteiger partial charge is 0.416 e. The zero-order valence-electron chi connectivity index (χ0n) is 20.0. The number of para-hydroxylation sites is 2. The van der Waals surface area contributed by atoms with Crippen LogP contribution in [0.2, 0.25) is 5.02 Å². The molecule has 0 unspecified atom stereocenters. The lowest BCUT2D eigenvalue weighted by atomic mass is 9.95. The lowest BCUT2D eigenvalue weighted by Gasteiger charge is -2.31. The van der Waals surface area contributed by atoms with Crippen LogP contribution in [-0.2, 0) is 24.1 Å². The van der Waals surface area contributed by atoms with Gasteiger partial charge in [-0.3, -0.25) is 9.69 Å². The van der Waals surface area contributed by atoms with Crippen molar-refractivity contribution in [2.45, 2.75) is 32.1 Å². The Morgan fingerprint density at radius 1 is 0.973 bits per heavy atom. The van der Waals surface area contributed by atoms with Gasteiger partial charge in [-0.25, -0.2) is 4.98 Å². The lowest BCUT2D eigenvalue weighted by Crippen LogP contribution is -2.38. The van der Waals surface area contributed by atoms with E-state index in [-0.39, 0.29) is 17.5 Å². The number of imidazole rings is 1. The van der Waals surface area contributed by atoms with E-state index in [9.17, 15) is 18.0 Å². The van der Waals surface area contributed by atoms with E-state index in [0.717, 1.165) is 34.6 Å². The summed E-state index contributed by atoms with van der Waals surface area (Å²) >= 11 is 6.05. The number of nitrogens with zero attached hydrogens (tertiary/aromatic N) is 3. The Kier molecular flexibility index (Phi) is 7.22. The molecule has 3 aromatic carbocycles. The molecule has 0 atom stereocenters. The molecule has 1 aliphatic rings. The van der Waals surface area contributed by atoms with Crippen LogP contribution in [0.5, 0.6) is 0 Å². The molecular weight excluding hydrogens is 501 g/mol. The van der Waals surface area contributed by atoms with Gasteiger partial charge in [-0.05, 0) is 74.0 Å². The Hall–Kier alpha value is -3.36. The zero-order chi connectivity index (χ0) is 26.0. The van der Waals surface area contributed by atoms with Crippen molar-refractivity contribution >= 4 is 34.2 Å². The fraction of sp³-hybridized carbons (Fsp3) is 0.286. The van der Waals surface area contributed by atoms with E-state index in [4.69, 9.17) is 16.6 Å². The number of carbonyl (C=O) groups excluding carboxylic acids is 1. The van der Waals surface area contributed by atoms with E-state index < -0.39 is 11.7 Å². The molecule has 1 fully saturated rings. The maximum Gasteiger partial charge on any atom is 0.416 e. The summed E-state index contributed by atoms with van der Waals surface area (Å²) in [6.45, 7) is 2.71. The average Bonchev–Trinajstić information content (AvgIpc) is 3.22. The standard InChI is InChI=1S/C28H26ClF3N4O/c29-22-10-8-19(9-11-22)17-36-25-7-2-1-6-24(25)34-26(36)18-35-14-12-20(13-15-35)27(37)33-23-5-3-4-21(16-23)28(30,31)32/h1-11,16,20H,12-15,17-18H2,(H,33,37). The summed E-state index contributed by atoms with van der Waals surface area (Å²) in [5.74, 6) is 0.454. The fourth-order valence-electron chi connectivity index (χ4n) is 4.77. The molecule has 1 N–H and O–H groups in total. The van der Waals surface area contributed by atoms with Gasteiger partial charge in [0.05, 0.1) is 23.1 Å². The van der Waals surface area contributed by atoms with Crippen LogP contribution >= 0.6 is 11.6 Å². The topological polar surface area (TPSA) is 50.2 Å². The van der Waals surface area contributed by atoms with Crippen molar-refractivity contribution < 1.29 is 18.0 Å². The van der Waals surface area contributed by atoms with Crippen molar-refractivity contribution in [3.63, 3.8) is 0 Å². The second kappa shape index (κ2) is 10.6. The van der Waals surface area contributed by atoms with Gasteiger partial charge in [0, 0.05) is 23.2 Å². The highest BCUT2D eigenvalue weighted by Gasteiger charge is 2.31. The number of anilines is 1. The molecule has 9 heteroatoms. The van der Waals surface area contributed by atoms with Gasteiger partial charge in [0.2, 0.25) is 5.91 Å². The highest BCUT2D eigenvalue weighted by molar-refractivity contribution is 6.30. The van der Waals surface area contributed by atoms with Crippen LogP contribution in [0.15, 0.2) is 72.8 Å². The second-order valence-corrected chi connectivity index (χ2v) is 9.78. The van der Waals surface area contributed by atoms with Crippen LogP contribution < -0.4 is 5.32 Å². The molecule has 0 bridgehead atoms. The third-order valence-corrected chi connectivity index (χ3v) is 7.02. The Bertz CT molecular complexity index is 1390. The molecular formula is C28H26ClF3N4O. The number of benzene rings is 3. The molecule has 1 aromatic heterocycles. The van der Waals surface area contributed by atoms with Gasteiger partial charge in [-0.1, -0.05) is 41.9 Å². The van der Waals surface area contributed by atoms with Crippen LogP contribution in [0, 0.1) is 5.92 Å². The molecule has 0 spiro atoms. The molecule has 1 aliphatic heterocycles. The monoisotopic (exact) mass is 526 g/mol. The van der Waals surface area contributed by atoms with E-state index >= 15 is 0 Å². The van der Waals surface area contributed by atoms with Crippen LogP contribution in [0.3, 0.4) is 0 Å². The van der Waals surface area contributed by atoms with E-state index in [1.165, 1.54) is 12.1 Å². The SMILES string of the molecule is O=C(Nc1cccc(C(F)(F)F)c1)C1CCN(Cc2nc3ccccc3n2Cc2ccc(Cl)cc2)CC1. The lowest BCUT2D eigenvalue weighted by molar-refractivity contribution is -0.137. The first-order valence-corrected chi connectivity index (χ1v) is 12.5. The number of fused-ring (bicyclic) bond motifs is 1. The highest BCUT2D eigenvalue weighted by atomic mass is 35.5. The Morgan fingerprint density at radius 3 is 2.43 bits per heavy atom. The van der Waals surface area contributed by atoms with Crippen molar-refractivity contribution in [1.82, 2.24) is 14.5 Å². The van der Waals surface area contributed by atoms with E-state index in [0.29, 0.717) is 44.0 Å². The number of rotatable bonds is 6. The minimum Gasteiger partial charge on any atom is -0.326 e. The summed E-state index contributed by atoms with van der Waals surface area (Å²) in [5, 5.41) is 3.36. The van der Waals surface area contributed by atoms with Crippen molar-refractivity contribution in [2.75, 3.05) is 18.4 Å². The number of hydrogen-bond acceptors (Lipinski definition) is 3. The molecule has 1 saturated heterocycles. The number of amides is 1. The Balaban J connectivity index is 1.24. The predicted octanol–water partition coefficient (Wildman–Crippen LogP) is 6.61. The molecule has 5 nitrogen and oxygen atoms in total. The summed E-state index contributed by atoms with van der Waals surface area (Å²) < 4.78 is 41.2. The highest BCUT2D eigenvalue weighted by Crippen LogP contribution is 2.31. The number of hydrogen-bond donors (Lipinski definition) is 1. The van der Waals surface area contributed by atoms with Crippen LogP contribution in [-0.4, -0.2) is 33.4 Å². The predicted molar refractivity (Wildman–Crippen MR) is 138 cm³/mol. The normalized spacial score (nSPS) is 15.2. The average molecular weight is 527 g/mol. The summed E-state index contributed by atoms with van der Waals surface area (Å²) in [6, 6.07) is 20.6. The summed E-state index contributed by atoms with van der Waals surface area (Å²) in [7, 11) is 0. The third kappa shape index (κ3) is 5.97. The number of piperidine rings is 1. The first-order chi connectivity index (χ1) is 17.8. The molecule has 4 aromatic rings. The van der Waals surface area contributed by atoms with Gasteiger partial charge < -0.3 is 9.88 Å². The smallest absolute Gasteiger partial charge is 0.326 e. The van der Waals surface area contributed by atoms with E-state index in [2.05, 4.69) is 20.9 Å². The maximum atomic E-state index is 13.0. The van der Waals surface area contributed by atoms with Gasteiger partial charge in [0.1, 0.15) is 5.82 Å². The van der Waals surface area contributed by atoms with Crippen LogP contribution in [0.1, 0.15) is 29.8 Å². The summed E-state index contributed by atoms with van der Waals surface area (Å²) in [5.41, 5.74) is 2.50. The Morgan fingerprint density at radius 2 is 1.70 bits per heavy atom. The van der Waals surface area contributed by atoms with Gasteiger partial charge in [-0.2, -0.15) is 13.2 Å². The molecule has 192 valence electrons. The number of likely N-dealkylation sites (tertiary alicyclic amines) is 1. The molecule has 2 heterocycles. The number of carbonyl (C=O) groups is 1. The molecule has 0 saturated carbocycles. The first kappa shape index (κ1) is 25.3. The number of aromatic nitrogens is 2.